The van der Waals surface area contributed by atoms with Gasteiger partial charge in [-0.05, 0) is 19.1 Å². The maximum Gasteiger partial charge on any atom is 0.341 e. The van der Waals surface area contributed by atoms with Gasteiger partial charge in [-0.3, -0.25) is 19.2 Å². The molecule has 1 amide bonds. The van der Waals surface area contributed by atoms with E-state index in [9.17, 15) is 24.0 Å². The summed E-state index contributed by atoms with van der Waals surface area (Å²) in [6.45, 7) is 6.08. The third-order valence-electron chi connectivity index (χ3n) is 4.70. The van der Waals surface area contributed by atoms with Gasteiger partial charge in [0.05, 0.1) is 6.61 Å². The largest absolute Gasteiger partial charge is 0.463 e. The van der Waals surface area contributed by atoms with Crippen molar-refractivity contribution in [2.75, 3.05) is 13.2 Å². The summed E-state index contributed by atoms with van der Waals surface area (Å²) >= 11 is 0. The van der Waals surface area contributed by atoms with Gasteiger partial charge in [-0.1, -0.05) is 12.1 Å². The van der Waals surface area contributed by atoms with Crippen LogP contribution in [0.25, 0.3) is 0 Å². The van der Waals surface area contributed by atoms with Crippen molar-refractivity contribution >= 4 is 29.8 Å². The number of rotatable bonds is 9. The van der Waals surface area contributed by atoms with Gasteiger partial charge in [0.15, 0.2) is 12.2 Å². The van der Waals surface area contributed by atoms with E-state index >= 15 is 0 Å². The minimum atomic E-state index is -1.36. The number of para-hydroxylation sites is 1. The van der Waals surface area contributed by atoms with Crippen molar-refractivity contribution < 1.29 is 52.4 Å². The fraction of sp³-hybridized carbons (Fsp3) is 0.522. The van der Waals surface area contributed by atoms with Gasteiger partial charge < -0.3 is 33.7 Å². The molecule has 192 valence electrons. The molecule has 1 fully saturated rings. The third-order valence-corrected chi connectivity index (χ3v) is 4.70. The normalized spacial score (nSPS) is 23.4. The number of hydrogen-bond donors (Lipinski definition) is 1. The summed E-state index contributed by atoms with van der Waals surface area (Å²) in [5, 5.41) is 2.59. The van der Waals surface area contributed by atoms with E-state index in [0.717, 1.165) is 13.8 Å². The monoisotopic (exact) mass is 495 g/mol. The molecule has 35 heavy (non-hydrogen) atoms. The number of amides is 1. The molecule has 2 rings (SSSR count). The van der Waals surface area contributed by atoms with Crippen LogP contribution in [-0.2, 0) is 42.9 Å². The fourth-order valence-electron chi connectivity index (χ4n) is 3.46. The molecule has 5 unspecified atom stereocenters. The third kappa shape index (κ3) is 7.95. The lowest BCUT2D eigenvalue weighted by Crippen LogP contribution is -2.67. The van der Waals surface area contributed by atoms with Crippen molar-refractivity contribution in [3.63, 3.8) is 0 Å². The second kappa shape index (κ2) is 12.7. The maximum absolute atomic E-state index is 12.4. The van der Waals surface area contributed by atoms with Crippen LogP contribution in [0, 0.1) is 0 Å². The number of esters is 4. The Balaban J connectivity index is 2.51. The first-order chi connectivity index (χ1) is 16.5. The Morgan fingerprint density at radius 3 is 2.09 bits per heavy atom. The molecule has 0 radical (unpaired) electrons. The smallest absolute Gasteiger partial charge is 0.341 e. The minimum absolute atomic E-state index is 0.0602. The second-order valence-corrected chi connectivity index (χ2v) is 7.55. The van der Waals surface area contributed by atoms with Gasteiger partial charge in [-0.15, -0.1) is 0 Å². The Hall–Kier alpha value is -3.67. The Bertz CT molecular complexity index is 947. The predicted molar refractivity (Wildman–Crippen MR) is 117 cm³/mol. The molecule has 1 saturated heterocycles. The summed E-state index contributed by atoms with van der Waals surface area (Å²) in [6.07, 6.45) is -5.04. The Labute approximate surface area is 202 Å². The molecular weight excluding hydrogens is 466 g/mol. The van der Waals surface area contributed by atoms with Crippen molar-refractivity contribution in [1.29, 1.82) is 0 Å². The van der Waals surface area contributed by atoms with E-state index in [2.05, 4.69) is 5.32 Å². The van der Waals surface area contributed by atoms with E-state index in [-0.39, 0.29) is 24.5 Å². The molecule has 0 aliphatic carbocycles. The lowest BCUT2D eigenvalue weighted by atomic mass is 9.96. The van der Waals surface area contributed by atoms with Crippen molar-refractivity contribution in [2.24, 2.45) is 0 Å². The van der Waals surface area contributed by atoms with E-state index in [4.69, 9.17) is 28.4 Å². The van der Waals surface area contributed by atoms with E-state index < -0.39 is 60.4 Å². The minimum Gasteiger partial charge on any atom is -0.463 e. The first-order valence-electron chi connectivity index (χ1n) is 10.9. The number of carbonyl (C=O) groups excluding carboxylic acids is 5. The lowest BCUT2D eigenvalue weighted by molar-refractivity contribution is -0.257. The molecule has 0 aromatic heterocycles. The van der Waals surface area contributed by atoms with Crippen LogP contribution >= 0.6 is 0 Å². The Kier molecular flexibility index (Phi) is 10.0. The average molecular weight is 495 g/mol. The standard InChI is InChI=1S/C23H29NO11/c1-6-30-22(29)16-9-7-8-10-17(16)34-23-19(24-12(2)25)21(33-15(5)28)20(32-14(4)27)18(35-23)11-31-13(3)26/h7-10,18-21,23H,6,11H2,1-5H3,(H,24,25). The number of ether oxygens (including phenoxy) is 6. The van der Waals surface area contributed by atoms with Gasteiger partial charge in [0, 0.05) is 27.7 Å². The summed E-state index contributed by atoms with van der Waals surface area (Å²) in [5.41, 5.74) is 0.0854. The molecule has 0 spiro atoms. The lowest BCUT2D eigenvalue weighted by Gasteiger charge is -2.44. The molecular formula is C23H29NO11. The summed E-state index contributed by atoms with van der Waals surface area (Å²) in [6, 6.07) is 5.00. The molecule has 1 aliphatic rings. The summed E-state index contributed by atoms with van der Waals surface area (Å²) in [5.74, 6) is -3.21. The van der Waals surface area contributed by atoms with Crippen molar-refractivity contribution in [1.82, 2.24) is 5.32 Å². The van der Waals surface area contributed by atoms with Crippen LogP contribution in [0.2, 0.25) is 0 Å². The summed E-state index contributed by atoms with van der Waals surface area (Å²) in [4.78, 5) is 59.6. The zero-order valence-corrected chi connectivity index (χ0v) is 20.1. The number of carbonyl (C=O) groups is 5. The number of benzene rings is 1. The Morgan fingerprint density at radius 1 is 0.886 bits per heavy atom. The molecule has 1 heterocycles. The fourth-order valence-corrected chi connectivity index (χ4v) is 3.46. The topological polar surface area (TPSA) is 153 Å². The molecule has 0 bridgehead atoms. The van der Waals surface area contributed by atoms with Crippen LogP contribution in [-0.4, -0.2) is 73.6 Å². The number of nitrogens with one attached hydrogen (secondary N) is 1. The highest BCUT2D eigenvalue weighted by Crippen LogP contribution is 2.30. The first-order valence-corrected chi connectivity index (χ1v) is 10.9. The summed E-state index contributed by atoms with van der Waals surface area (Å²) in [7, 11) is 0. The zero-order chi connectivity index (χ0) is 26.1. The van der Waals surface area contributed by atoms with Crippen molar-refractivity contribution in [3.05, 3.63) is 29.8 Å². The van der Waals surface area contributed by atoms with Crippen LogP contribution < -0.4 is 10.1 Å². The molecule has 1 aromatic carbocycles. The second-order valence-electron chi connectivity index (χ2n) is 7.55. The highest BCUT2D eigenvalue weighted by molar-refractivity contribution is 5.92. The molecule has 1 N–H and O–H groups in total. The van der Waals surface area contributed by atoms with Gasteiger partial charge in [0.25, 0.3) is 0 Å². The average Bonchev–Trinajstić information content (AvgIpc) is 2.76. The van der Waals surface area contributed by atoms with E-state index in [1.165, 1.54) is 26.0 Å². The molecule has 0 saturated carbocycles. The SMILES string of the molecule is CCOC(=O)c1ccccc1OC1OC(COC(C)=O)C(OC(C)=O)C(OC(C)=O)C1NC(C)=O. The van der Waals surface area contributed by atoms with Crippen LogP contribution in [0.4, 0.5) is 0 Å². The molecule has 1 aromatic rings. The Morgan fingerprint density at radius 2 is 1.51 bits per heavy atom. The molecule has 5 atom stereocenters. The van der Waals surface area contributed by atoms with E-state index in [1.54, 1.807) is 19.1 Å². The van der Waals surface area contributed by atoms with Gasteiger partial charge >= 0.3 is 23.9 Å². The van der Waals surface area contributed by atoms with Crippen LogP contribution in [0.15, 0.2) is 24.3 Å². The highest BCUT2D eigenvalue weighted by atomic mass is 16.7. The van der Waals surface area contributed by atoms with E-state index in [0.29, 0.717) is 0 Å². The molecule has 12 heteroatoms. The van der Waals surface area contributed by atoms with Gasteiger partial charge in [0.2, 0.25) is 12.2 Å². The van der Waals surface area contributed by atoms with Crippen molar-refractivity contribution in [3.8, 4) is 5.75 Å². The van der Waals surface area contributed by atoms with Gasteiger partial charge in [0.1, 0.15) is 30.1 Å². The van der Waals surface area contributed by atoms with Crippen molar-refractivity contribution in [2.45, 2.75) is 65.3 Å². The molecule has 1 aliphatic heterocycles. The highest BCUT2D eigenvalue weighted by Gasteiger charge is 2.52. The zero-order valence-electron chi connectivity index (χ0n) is 20.1. The van der Waals surface area contributed by atoms with Gasteiger partial charge in [-0.2, -0.15) is 0 Å². The van der Waals surface area contributed by atoms with Crippen LogP contribution in [0.5, 0.6) is 5.75 Å². The van der Waals surface area contributed by atoms with Crippen LogP contribution in [0.1, 0.15) is 45.0 Å². The number of hydrogen-bond acceptors (Lipinski definition) is 11. The first kappa shape index (κ1) is 27.6. The maximum atomic E-state index is 12.4. The summed E-state index contributed by atoms with van der Waals surface area (Å²) < 4.78 is 32.8. The van der Waals surface area contributed by atoms with E-state index in [1.807, 2.05) is 0 Å². The van der Waals surface area contributed by atoms with Gasteiger partial charge in [-0.25, -0.2) is 4.79 Å². The van der Waals surface area contributed by atoms with Crippen LogP contribution in [0.3, 0.4) is 0 Å². The quantitative estimate of drug-likeness (QED) is 0.384. The molecule has 12 nitrogen and oxygen atoms in total. The predicted octanol–water partition coefficient (Wildman–Crippen LogP) is 0.898.